The molecular weight excluding hydrogens is 610 g/mol. The van der Waals surface area contributed by atoms with E-state index in [0.717, 1.165) is 39.9 Å². The Hall–Kier alpha value is -5.79. The molecule has 248 valence electrons. The highest BCUT2D eigenvalue weighted by molar-refractivity contribution is 6.04. The Labute approximate surface area is 276 Å². The van der Waals surface area contributed by atoms with Gasteiger partial charge in [-0.25, -0.2) is 9.97 Å². The van der Waals surface area contributed by atoms with Crippen molar-refractivity contribution in [1.82, 2.24) is 38.7 Å². The number of carbonyl (C=O) groups excluding carboxylic acids is 3. The molecule has 0 fully saturated rings. The maximum Gasteiger partial charge on any atom is 0.276 e. The molecule has 3 amide bonds. The normalized spacial score (nSPS) is 11.4. The van der Waals surface area contributed by atoms with E-state index in [4.69, 9.17) is 10.7 Å². The number of rotatable bonds is 12. The fourth-order valence-electron chi connectivity index (χ4n) is 6.02. The number of para-hydroxylation sites is 1. The largest absolute Gasteiger partial charge is 0.366 e. The standard InChI is InChI=1S/C34H39N11O3/c1-6-44-27(17-21(4)40-44)31(47)38-33-36-24-19-23(30(35)46)13-14-25(24)42(33)15-8-9-16-43-26-12-10-11-20(3)29(26)37-34(43)39-32(48)28-18-22(5)41-45(28)7-2/h10-14,17-19H,6-9,15-16H2,1-5H3,(H2,35,46)(H,36,38,47)(H,37,39,48). The number of carbonyl (C=O) groups is 3. The number of nitrogens with one attached hydrogen (secondary N) is 2. The molecule has 0 unspecified atom stereocenters. The van der Waals surface area contributed by atoms with Crippen LogP contribution in [0.2, 0.25) is 0 Å². The predicted octanol–water partition coefficient (Wildman–Crippen LogP) is 4.83. The van der Waals surface area contributed by atoms with Crippen molar-refractivity contribution in [3.8, 4) is 0 Å². The number of anilines is 2. The maximum atomic E-state index is 13.4. The van der Waals surface area contributed by atoms with E-state index in [1.54, 1.807) is 39.7 Å². The number of fused-ring (bicyclic) bond motifs is 2. The first-order chi connectivity index (χ1) is 23.1. The average molecular weight is 650 g/mol. The second kappa shape index (κ2) is 13.1. The van der Waals surface area contributed by atoms with Gasteiger partial charge in [-0.05, 0) is 89.4 Å². The smallest absolute Gasteiger partial charge is 0.276 e. The van der Waals surface area contributed by atoms with Crippen molar-refractivity contribution in [3.63, 3.8) is 0 Å². The molecule has 0 saturated carbocycles. The molecule has 6 aromatic rings. The van der Waals surface area contributed by atoms with Crippen LogP contribution >= 0.6 is 0 Å². The number of primary amides is 1. The van der Waals surface area contributed by atoms with Crippen molar-refractivity contribution < 1.29 is 14.4 Å². The van der Waals surface area contributed by atoms with E-state index in [9.17, 15) is 14.4 Å². The van der Waals surface area contributed by atoms with Crippen molar-refractivity contribution >= 4 is 51.7 Å². The van der Waals surface area contributed by atoms with Gasteiger partial charge in [-0.15, -0.1) is 0 Å². The van der Waals surface area contributed by atoms with Gasteiger partial charge in [0, 0.05) is 31.7 Å². The van der Waals surface area contributed by atoms with Crippen LogP contribution in [0.4, 0.5) is 11.9 Å². The molecule has 0 saturated heterocycles. The Morgan fingerprint density at radius 3 is 1.85 bits per heavy atom. The van der Waals surface area contributed by atoms with Crippen LogP contribution < -0.4 is 16.4 Å². The van der Waals surface area contributed by atoms with Gasteiger partial charge in [-0.3, -0.25) is 34.4 Å². The zero-order valence-electron chi connectivity index (χ0n) is 27.7. The molecule has 0 atom stereocenters. The lowest BCUT2D eigenvalue weighted by molar-refractivity contribution is 0.0995. The first-order valence-electron chi connectivity index (χ1n) is 16.1. The zero-order valence-corrected chi connectivity index (χ0v) is 27.7. The highest BCUT2D eigenvalue weighted by atomic mass is 16.2. The van der Waals surface area contributed by atoms with Gasteiger partial charge in [0.15, 0.2) is 0 Å². The summed E-state index contributed by atoms with van der Waals surface area (Å²) < 4.78 is 7.29. The van der Waals surface area contributed by atoms with Crippen molar-refractivity contribution in [2.24, 2.45) is 5.73 Å². The summed E-state index contributed by atoms with van der Waals surface area (Å²) in [5.41, 5.74) is 12.3. The van der Waals surface area contributed by atoms with Gasteiger partial charge in [0.25, 0.3) is 11.8 Å². The molecule has 0 aliphatic carbocycles. The predicted molar refractivity (Wildman–Crippen MR) is 183 cm³/mol. The van der Waals surface area contributed by atoms with Crippen LogP contribution in [-0.4, -0.2) is 56.4 Å². The Kier molecular flexibility index (Phi) is 8.80. The molecule has 2 aromatic carbocycles. The minimum atomic E-state index is -0.556. The van der Waals surface area contributed by atoms with Crippen LogP contribution in [0.1, 0.15) is 75.0 Å². The molecule has 14 heteroatoms. The number of benzene rings is 2. The van der Waals surface area contributed by atoms with Crippen molar-refractivity contribution in [2.45, 2.75) is 73.6 Å². The molecule has 4 aromatic heterocycles. The van der Waals surface area contributed by atoms with E-state index in [-0.39, 0.29) is 11.8 Å². The van der Waals surface area contributed by atoms with Gasteiger partial charge in [0.2, 0.25) is 17.8 Å². The number of aromatic nitrogens is 8. The van der Waals surface area contributed by atoms with Crippen LogP contribution in [0.25, 0.3) is 22.1 Å². The second-order valence-electron chi connectivity index (χ2n) is 11.8. The fourth-order valence-corrected chi connectivity index (χ4v) is 6.02. The zero-order chi connectivity index (χ0) is 34.1. The SMILES string of the molecule is CCn1nc(C)cc1C(=O)Nc1nc2cc(C(N)=O)ccc2n1CCCCn1c(NC(=O)c2cc(C)nn2CC)nc2c(C)cccc21. The lowest BCUT2D eigenvalue weighted by Crippen LogP contribution is -2.20. The first kappa shape index (κ1) is 32.2. The van der Waals surface area contributed by atoms with E-state index in [2.05, 4.69) is 25.8 Å². The van der Waals surface area contributed by atoms with Gasteiger partial charge in [0.1, 0.15) is 11.4 Å². The molecule has 0 bridgehead atoms. The fraction of sp³-hybridized carbons (Fsp3) is 0.324. The Balaban J connectivity index is 1.25. The molecule has 0 aliphatic rings. The number of unbranched alkanes of at least 4 members (excludes halogenated alkanes) is 1. The molecule has 6 rings (SSSR count). The Morgan fingerprint density at radius 1 is 0.729 bits per heavy atom. The number of nitrogens with zero attached hydrogens (tertiary/aromatic N) is 8. The molecule has 0 radical (unpaired) electrons. The van der Waals surface area contributed by atoms with E-state index in [1.807, 2.05) is 62.0 Å². The van der Waals surface area contributed by atoms with Crippen LogP contribution in [0.15, 0.2) is 48.5 Å². The summed E-state index contributed by atoms with van der Waals surface area (Å²) in [6.07, 6.45) is 1.43. The van der Waals surface area contributed by atoms with Crippen LogP contribution in [0.5, 0.6) is 0 Å². The Bertz CT molecular complexity index is 2180. The number of hydrogen-bond acceptors (Lipinski definition) is 7. The molecule has 4 heterocycles. The van der Waals surface area contributed by atoms with Gasteiger partial charge in [-0.2, -0.15) is 10.2 Å². The molecule has 14 nitrogen and oxygen atoms in total. The van der Waals surface area contributed by atoms with Gasteiger partial charge >= 0.3 is 0 Å². The molecule has 0 aliphatic heterocycles. The number of amides is 3. The van der Waals surface area contributed by atoms with Gasteiger partial charge in [0.05, 0.1) is 33.5 Å². The summed E-state index contributed by atoms with van der Waals surface area (Å²) in [7, 11) is 0. The summed E-state index contributed by atoms with van der Waals surface area (Å²) >= 11 is 0. The van der Waals surface area contributed by atoms with E-state index in [1.165, 1.54) is 0 Å². The molecule has 48 heavy (non-hydrogen) atoms. The van der Waals surface area contributed by atoms with Crippen molar-refractivity contribution in [1.29, 1.82) is 0 Å². The summed E-state index contributed by atoms with van der Waals surface area (Å²) in [4.78, 5) is 48.1. The van der Waals surface area contributed by atoms with Gasteiger partial charge < -0.3 is 14.9 Å². The van der Waals surface area contributed by atoms with Crippen LogP contribution in [0.3, 0.4) is 0 Å². The van der Waals surface area contributed by atoms with Crippen LogP contribution in [0, 0.1) is 20.8 Å². The van der Waals surface area contributed by atoms with E-state index in [0.29, 0.717) is 67.0 Å². The quantitative estimate of drug-likeness (QED) is 0.159. The third kappa shape index (κ3) is 6.16. The number of nitrogens with two attached hydrogens (primary N) is 1. The third-order valence-corrected chi connectivity index (χ3v) is 8.35. The number of aryl methyl sites for hydroxylation is 7. The number of imidazole rings is 2. The van der Waals surface area contributed by atoms with Gasteiger partial charge in [-0.1, -0.05) is 12.1 Å². The second-order valence-corrected chi connectivity index (χ2v) is 11.8. The van der Waals surface area contributed by atoms with E-state index < -0.39 is 5.91 Å². The summed E-state index contributed by atoms with van der Waals surface area (Å²) in [5, 5.41) is 14.8. The minimum absolute atomic E-state index is 0.271. The van der Waals surface area contributed by atoms with E-state index >= 15 is 0 Å². The summed E-state index contributed by atoms with van der Waals surface area (Å²) in [6.45, 7) is 11.8. The highest BCUT2D eigenvalue weighted by Crippen LogP contribution is 2.26. The summed E-state index contributed by atoms with van der Waals surface area (Å²) in [5.74, 6) is -0.332. The Morgan fingerprint density at radius 2 is 1.29 bits per heavy atom. The first-order valence-corrected chi connectivity index (χ1v) is 16.1. The monoisotopic (exact) mass is 649 g/mol. The lowest BCUT2D eigenvalue weighted by atomic mass is 10.2. The molecular formula is C34H39N11O3. The molecule has 4 N–H and O–H groups in total. The third-order valence-electron chi connectivity index (χ3n) is 8.35. The molecule has 0 spiro atoms. The van der Waals surface area contributed by atoms with Crippen LogP contribution in [-0.2, 0) is 26.2 Å². The summed E-state index contributed by atoms with van der Waals surface area (Å²) in [6, 6.07) is 14.6. The topological polar surface area (TPSA) is 173 Å². The average Bonchev–Trinajstić information content (AvgIpc) is 3.82. The van der Waals surface area contributed by atoms with Crippen molar-refractivity contribution in [2.75, 3.05) is 10.6 Å². The number of hydrogen-bond donors (Lipinski definition) is 3. The highest BCUT2D eigenvalue weighted by Gasteiger charge is 2.21. The minimum Gasteiger partial charge on any atom is -0.366 e. The van der Waals surface area contributed by atoms with Crippen molar-refractivity contribution in [3.05, 3.63) is 82.4 Å². The lowest BCUT2D eigenvalue weighted by Gasteiger charge is -2.13. The maximum absolute atomic E-state index is 13.4.